The minimum Gasteiger partial charge on any atom is -0.306 e. The molecule has 2 nitrogen and oxygen atoms in total. The highest BCUT2D eigenvalue weighted by atomic mass is 15.1. The molecule has 0 aromatic heterocycles. The molecule has 1 saturated heterocycles. The maximum absolute atomic E-state index is 3.83. The standard InChI is InChI=1S/C16H26N2/c1-4-16(14-9-7-13(2)8-10-14)17-15-6-5-11-18(3)12-15/h7-10,15-17H,4-6,11-12H2,1-3H3. The second-order valence-electron chi connectivity index (χ2n) is 5.64. The molecule has 2 atom stereocenters. The van der Waals surface area contributed by atoms with Gasteiger partial charge in [0.15, 0.2) is 0 Å². The van der Waals surface area contributed by atoms with E-state index in [1.165, 1.54) is 37.1 Å². The van der Waals surface area contributed by atoms with Gasteiger partial charge in [0.05, 0.1) is 0 Å². The number of hydrogen-bond donors (Lipinski definition) is 1. The van der Waals surface area contributed by atoms with Gasteiger partial charge in [-0.3, -0.25) is 0 Å². The van der Waals surface area contributed by atoms with Gasteiger partial charge in [0.2, 0.25) is 0 Å². The molecule has 0 spiro atoms. The Hall–Kier alpha value is -0.860. The van der Waals surface area contributed by atoms with Gasteiger partial charge in [-0.1, -0.05) is 36.8 Å². The van der Waals surface area contributed by atoms with Crippen LogP contribution in [0.5, 0.6) is 0 Å². The Labute approximate surface area is 111 Å². The van der Waals surface area contributed by atoms with Gasteiger partial charge in [-0.25, -0.2) is 0 Å². The van der Waals surface area contributed by atoms with Crippen LogP contribution in [0.3, 0.4) is 0 Å². The molecular weight excluding hydrogens is 220 g/mol. The van der Waals surface area contributed by atoms with Gasteiger partial charge in [-0.15, -0.1) is 0 Å². The number of rotatable bonds is 4. The summed E-state index contributed by atoms with van der Waals surface area (Å²) in [5.74, 6) is 0. The second-order valence-corrected chi connectivity index (χ2v) is 5.64. The smallest absolute Gasteiger partial charge is 0.0320 e. The van der Waals surface area contributed by atoms with E-state index in [2.05, 4.69) is 55.4 Å². The van der Waals surface area contributed by atoms with Crippen LogP contribution in [0.15, 0.2) is 24.3 Å². The highest BCUT2D eigenvalue weighted by molar-refractivity contribution is 5.24. The van der Waals surface area contributed by atoms with Crippen LogP contribution in [-0.4, -0.2) is 31.1 Å². The molecule has 0 amide bonds. The Balaban J connectivity index is 1.98. The first-order chi connectivity index (χ1) is 8.69. The van der Waals surface area contributed by atoms with Crippen LogP contribution in [0, 0.1) is 6.92 Å². The lowest BCUT2D eigenvalue weighted by atomic mass is 9.99. The fourth-order valence-corrected chi connectivity index (χ4v) is 2.84. The summed E-state index contributed by atoms with van der Waals surface area (Å²) in [7, 11) is 2.22. The number of hydrogen-bond acceptors (Lipinski definition) is 2. The Morgan fingerprint density at radius 2 is 2.06 bits per heavy atom. The van der Waals surface area contributed by atoms with E-state index in [4.69, 9.17) is 0 Å². The number of nitrogens with one attached hydrogen (secondary N) is 1. The summed E-state index contributed by atoms with van der Waals surface area (Å²) >= 11 is 0. The summed E-state index contributed by atoms with van der Waals surface area (Å²) in [5.41, 5.74) is 2.77. The van der Waals surface area contributed by atoms with E-state index in [1.807, 2.05) is 0 Å². The lowest BCUT2D eigenvalue weighted by Gasteiger charge is -2.33. The predicted molar refractivity (Wildman–Crippen MR) is 77.9 cm³/mol. The Morgan fingerprint density at radius 3 is 2.67 bits per heavy atom. The quantitative estimate of drug-likeness (QED) is 0.878. The van der Waals surface area contributed by atoms with Crippen molar-refractivity contribution in [3.63, 3.8) is 0 Å². The topological polar surface area (TPSA) is 15.3 Å². The summed E-state index contributed by atoms with van der Waals surface area (Å²) in [4.78, 5) is 2.43. The van der Waals surface area contributed by atoms with Crippen molar-refractivity contribution in [3.05, 3.63) is 35.4 Å². The third-order valence-corrected chi connectivity index (χ3v) is 3.95. The maximum atomic E-state index is 3.83. The van der Waals surface area contributed by atoms with E-state index in [-0.39, 0.29) is 0 Å². The van der Waals surface area contributed by atoms with Crippen molar-refractivity contribution in [2.45, 2.75) is 45.2 Å². The summed E-state index contributed by atoms with van der Waals surface area (Å²) in [6.45, 7) is 6.85. The summed E-state index contributed by atoms with van der Waals surface area (Å²) < 4.78 is 0. The Morgan fingerprint density at radius 1 is 1.33 bits per heavy atom. The second kappa shape index (κ2) is 6.35. The molecule has 0 aliphatic carbocycles. The maximum Gasteiger partial charge on any atom is 0.0320 e. The van der Waals surface area contributed by atoms with Crippen LogP contribution in [0.2, 0.25) is 0 Å². The van der Waals surface area contributed by atoms with Crippen LogP contribution in [0.4, 0.5) is 0 Å². The highest BCUT2D eigenvalue weighted by Crippen LogP contribution is 2.20. The van der Waals surface area contributed by atoms with Crippen molar-refractivity contribution in [2.24, 2.45) is 0 Å². The van der Waals surface area contributed by atoms with Crippen molar-refractivity contribution >= 4 is 0 Å². The molecule has 1 aromatic rings. The van der Waals surface area contributed by atoms with Gasteiger partial charge >= 0.3 is 0 Å². The van der Waals surface area contributed by atoms with E-state index in [1.54, 1.807) is 0 Å². The van der Waals surface area contributed by atoms with Gasteiger partial charge in [0.25, 0.3) is 0 Å². The molecule has 0 radical (unpaired) electrons. The molecule has 1 heterocycles. The van der Waals surface area contributed by atoms with Crippen molar-refractivity contribution in [2.75, 3.05) is 20.1 Å². The lowest BCUT2D eigenvalue weighted by molar-refractivity contribution is 0.215. The SMILES string of the molecule is CCC(NC1CCCN(C)C1)c1ccc(C)cc1. The zero-order chi connectivity index (χ0) is 13.0. The number of benzene rings is 1. The number of aryl methyl sites for hydroxylation is 1. The molecule has 1 fully saturated rings. The molecule has 0 saturated carbocycles. The number of piperidine rings is 1. The van der Waals surface area contributed by atoms with Gasteiger partial charge in [-0.05, 0) is 45.3 Å². The molecule has 1 N–H and O–H groups in total. The van der Waals surface area contributed by atoms with Gasteiger partial charge in [0, 0.05) is 18.6 Å². The molecule has 0 bridgehead atoms. The monoisotopic (exact) mass is 246 g/mol. The minimum atomic E-state index is 0.502. The summed E-state index contributed by atoms with van der Waals surface area (Å²) in [6.07, 6.45) is 3.79. The van der Waals surface area contributed by atoms with E-state index in [0.717, 1.165) is 6.42 Å². The van der Waals surface area contributed by atoms with Crippen molar-refractivity contribution in [1.82, 2.24) is 10.2 Å². The first-order valence-electron chi connectivity index (χ1n) is 7.20. The van der Waals surface area contributed by atoms with Crippen molar-refractivity contribution in [3.8, 4) is 0 Å². The average molecular weight is 246 g/mol. The summed E-state index contributed by atoms with van der Waals surface area (Å²) in [5, 5.41) is 3.83. The first-order valence-corrected chi connectivity index (χ1v) is 7.20. The summed E-state index contributed by atoms with van der Waals surface area (Å²) in [6, 6.07) is 10.1. The molecule has 2 unspecified atom stereocenters. The zero-order valence-electron chi connectivity index (χ0n) is 11.9. The third kappa shape index (κ3) is 3.56. The Bertz CT molecular complexity index is 358. The Kier molecular flexibility index (Phi) is 4.79. The fourth-order valence-electron chi connectivity index (χ4n) is 2.84. The van der Waals surface area contributed by atoms with Crippen LogP contribution in [0.25, 0.3) is 0 Å². The number of likely N-dealkylation sites (tertiary alicyclic amines) is 1. The molecule has 2 heteroatoms. The molecule has 1 aliphatic rings. The molecule has 2 rings (SSSR count). The van der Waals surface area contributed by atoms with Crippen molar-refractivity contribution < 1.29 is 0 Å². The van der Waals surface area contributed by atoms with E-state index >= 15 is 0 Å². The molecule has 100 valence electrons. The lowest BCUT2D eigenvalue weighted by Crippen LogP contribution is -2.45. The van der Waals surface area contributed by atoms with Crippen LogP contribution < -0.4 is 5.32 Å². The molecular formula is C16H26N2. The highest BCUT2D eigenvalue weighted by Gasteiger charge is 2.20. The van der Waals surface area contributed by atoms with E-state index < -0.39 is 0 Å². The fraction of sp³-hybridized carbons (Fsp3) is 0.625. The van der Waals surface area contributed by atoms with E-state index in [9.17, 15) is 0 Å². The normalized spacial score (nSPS) is 22.9. The van der Waals surface area contributed by atoms with Crippen LogP contribution in [-0.2, 0) is 0 Å². The number of nitrogens with zero attached hydrogens (tertiary/aromatic N) is 1. The van der Waals surface area contributed by atoms with Crippen LogP contribution in [0.1, 0.15) is 43.4 Å². The van der Waals surface area contributed by atoms with Gasteiger partial charge < -0.3 is 10.2 Å². The van der Waals surface area contributed by atoms with Gasteiger partial charge in [-0.2, -0.15) is 0 Å². The zero-order valence-corrected chi connectivity index (χ0v) is 11.9. The molecule has 1 aromatic carbocycles. The van der Waals surface area contributed by atoms with Crippen LogP contribution >= 0.6 is 0 Å². The first kappa shape index (κ1) is 13.6. The minimum absolute atomic E-state index is 0.502. The predicted octanol–water partition coefficient (Wildman–Crippen LogP) is 3.13. The van der Waals surface area contributed by atoms with E-state index in [0.29, 0.717) is 12.1 Å². The van der Waals surface area contributed by atoms with Crippen molar-refractivity contribution in [1.29, 1.82) is 0 Å². The molecule has 1 aliphatic heterocycles. The largest absolute Gasteiger partial charge is 0.306 e. The van der Waals surface area contributed by atoms with Gasteiger partial charge in [0.1, 0.15) is 0 Å². The third-order valence-electron chi connectivity index (χ3n) is 3.95. The molecule has 18 heavy (non-hydrogen) atoms. The number of likely N-dealkylation sites (N-methyl/N-ethyl adjacent to an activating group) is 1. The average Bonchev–Trinajstić information content (AvgIpc) is 2.37.